The second kappa shape index (κ2) is 4.06. The topological polar surface area (TPSA) is 61.7 Å². The third-order valence-corrected chi connectivity index (χ3v) is 2.07. The van der Waals surface area contributed by atoms with E-state index in [1.54, 1.807) is 18.9 Å². The molecule has 0 unspecified atom stereocenters. The lowest BCUT2D eigenvalue weighted by Crippen LogP contribution is -2.04. The molecule has 2 heterocycles. The van der Waals surface area contributed by atoms with Gasteiger partial charge in [0.05, 0.1) is 18.3 Å². The molecule has 0 aliphatic heterocycles. The molecule has 0 aliphatic carbocycles. The molecule has 14 heavy (non-hydrogen) atoms. The molecule has 5 nitrogen and oxygen atoms in total. The van der Waals surface area contributed by atoms with Gasteiger partial charge in [-0.15, -0.1) is 0 Å². The minimum atomic E-state index is 0.498. The fourth-order valence-corrected chi connectivity index (χ4v) is 1.28. The van der Waals surface area contributed by atoms with Crippen molar-refractivity contribution in [3.8, 4) is 0 Å². The van der Waals surface area contributed by atoms with Gasteiger partial charge in [0, 0.05) is 38.2 Å². The summed E-state index contributed by atoms with van der Waals surface area (Å²) in [4.78, 5) is 8.12. The van der Waals surface area contributed by atoms with Gasteiger partial charge in [0.1, 0.15) is 0 Å². The van der Waals surface area contributed by atoms with Crippen LogP contribution in [0.15, 0.2) is 31.2 Å². The maximum atomic E-state index is 5.46. The van der Waals surface area contributed by atoms with E-state index in [1.807, 2.05) is 21.5 Å². The number of rotatable bonds is 4. The van der Waals surface area contributed by atoms with Crippen LogP contribution in [-0.2, 0) is 19.6 Å². The van der Waals surface area contributed by atoms with Crippen LogP contribution < -0.4 is 5.73 Å². The number of nitrogens with zero attached hydrogens (tertiary/aromatic N) is 4. The zero-order valence-corrected chi connectivity index (χ0v) is 7.87. The molecule has 0 bridgehead atoms. The van der Waals surface area contributed by atoms with Crippen molar-refractivity contribution in [2.45, 2.75) is 19.6 Å². The summed E-state index contributed by atoms with van der Waals surface area (Å²) < 4.78 is 4.06. The molecular formula is C9H13N5. The number of aromatic nitrogens is 4. The maximum absolute atomic E-state index is 5.46. The monoisotopic (exact) mass is 191 g/mol. The molecule has 0 radical (unpaired) electrons. The van der Waals surface area contributed by atoms with E-state index in [0.29, 0.717) is 6.54 Å². The zero-order chi connectivity index (χ0) is 9.80. The standard InChI is InChI=1S/C9H13N5/c10-5-9-6-14(8-12-9)4-3-13-2-1-11-7-13/h1-2,6-8H,3-5,10H2. The molecule has 0 fully saturated rings. The summed E-state index contributed by atoms with van der Waals surface area (Å²) in [5, 5.41) is 0. The van der Waals surface area contributed by atoms with Gasteiger partial charge in [-0.05, 0) is 0 Å². The lowest BCUT2D eigenvalue weighted by Gasteiger charge is -2.02. The molecule has 2 aromatic rings. The van der Waals surface area contributed by atoms with E-state index in [2.05, 4.69) is 9.97 Å². The third kappa shape index (κ3) is 2.00. The van der Waals surface area contributed by atoms with E-state index in [1.165, 1.54) is 0 Å². The Morgan fingerprint density at radius 3 is 2.71 bits per heavy atom. The first kappa shape index (κ1) is 8.96. The lowest BCUT2D eigenvalue weighted by molar-refractivity contribution is 0.578. The highest BCUT2D eigenvalue weighted by atomic mass is 15.1. The van der Waals surface area contributed by atoms with Crippen molar-refractivity contribution >= 4 is 0 Å². The van der Waals surface area contributed by atoms with Crippen LogP contribution >= 0.6 is 0 Å². The molecule has 0 spiro atoms. The fraction of sp³-hybridized carbons (Fsp3) is 0.333. The van der Waals surface area contributed by atoms with Gasteiger partial charge in [0.25, 0.3) is 0 Å². The summed E-state index contributed by atoms with van der Waals surface area (Å²) in [5.74, 6) is 0. The van der Waals surface area contributed by atoms with Crippen LogP contribution in [0, 0.1) is 0 Å². The van der Waals surface area contributed by atoms with Crippen LogP contribution in [0.2, 0.25) is 0 Å². The SMILES string of the molecule is NCc1cn(CCn2ccnc2)cn1. The molecule has 74 valence electrons. The Bertz CT molecular complexity index is 376. The average Bonchev–Trinajstić information content (AvgIpc) is 2.86. The van der Waals surface area contributed by atoms with Gasteiger partial charge in [-0.3, -0.25) is 0 Å². The van der Waals surface area contributed by atoms with E-state index < -0.39 is 0 Å². The van der Waals surface area contributed by atoms with Crippen LogP contribution in [0.25, 0.3) is 0 Å². The molecule has 0 saturated heterocycles. The molecular weight excluding hydrogens is 178 g/mol. The smallest absolute Gasteiger partial charge is 0.0950 e. The second-order valence-electron chi connectivity index (χ2n) is 3.11. The predicted octanol–water partition coefficient (Wildman–Crippen LogP) is 0.238. The predicted molar refractivity (Wildman–Crippen MR) is 52.3 cm³/mol. The van der Waals surface area contributed by atoms with Crippen molar-refractivity contribution in [3.63, 3.8) is 0 Å². The molecule has 0 atom stereocenters. The van der Waals surface area contributed by atoms with E-state index in [4.69, 9.17) is 5.73 Å². The van der Waals surface area contributed by atoms with Crippen molar-refractivity contribution < 1.29 is 0 Å². The summed E-state index contributed by atoms with van der Waals surface area (Å²) in [6.07, 6.45) is 9.30. The van der Waals surface area contributed by atoms with E-state index in [0.717, 1.165) is 18.8 Å². The fourth-order valence-electron chi connectivity index (χ4n) is 1.28. The van der Waals surface area contributed by atoms with Gasteiger partial charge in [-0.1, -0.05) is 0 Å². The van der Waals surface area contributed by atoms with Crippen LogP contribution in [-0.4, -0.2) is 19.1 Å². The van der Waals surface area contributed by atoms with Crippen molar-refractivity contribution in [2.75, 3.05) is 0 Å². The number of aryl methyl sites for hydroxylation is 2. The van der Waals surface area contributed by atoms with Gasteiger partial charge in [-0.25, -0.2) is 9.97 Å². The second-order valence-corrected chi connectivity index (χ2v) is 3.11. The summed E-state index contributed by atoms with van der Waals surface area (Å²) in [7, 11) is 0. The van der Waals surface area contributed by atoms with Crippen LogP contribution in [0.1, 0.15) is 5.69 Å². The van der Waals surface area contributed by atoms with Crippen molar-refractivity contribution in [1.82, 2.24) is 19.1 Å². The molecule has 0 aromatic carbocycles. The Balaban J connectivity index is 1.92. The van der Waals surface area contributed by atoms with Crippen LogP contribution in [0.4, 0.5) is 0 Å². The van der Waals surface area contributed by atoms with Crippen molar-refractivity contribution in [2.24, 2.45) is 5.73 Å². The first-order valence-corrected chi connectivity index (χ1v) is 4.55. The third-order valence-electron chi connectivity index (χ3n) is 2.07. The van der Waals surface area contributed by atoms with Crippen LogP contribution in [0.5, 0.6) is 0 Å². The lowest BCUT2D eigenvalue weighted by atomic mass is 10.5. The first-order valence-electron chi connectivity index (χ1n) is 4.55. The summed E-state index contributed by atoms with van der Waals surface area (Å²) in [6, 6.07) is 0. The molecule has 2 N–H and O–H groups in total. The Kier molecular flexibility index (Phi) is 2.60. The Morgan fingerprint density at radius 2 is 2.07 bits per heavy atom. The van der Waals surface area contributed by atoms with E-state index in [9.17, 15) is 0 Å². The highest BCUT2D eigenvalue weighted by Gasteiger charge is 1.96. The highest BCUT2D eigenvalue weighted by Crippen LogP contribution is 1.96. The molecule has 0 amide bonds. The minimum Gasteiger partial charge on any atom is -0.336 e. The number of nitrogens with two attached hydrogens (primary N) is 1. The molecule has 5 heteroatoms. The number of hydrogen-bond donors (Lipinski definition) is 1. The Morgan fingerprint density at radius 1 is 1.21 bits per heavy atom. The normalized spacial score (nSPS) is 10.6. The van der Waals surface area contributed by atoms with Gasteiger partial charge < -0.3 is 14.9 Å². The molecule has 2 rings (SSSR count). The minimum absolute atomic E-state index is 0.498. The zero-order valence-electron chi connectivity index (χ0n) is 7.87. The quantitative estimate of drug-likeness (QED) is 0.753. The number of imidazole rings is 2. The van der Waals surface area contributed by atoms with E-state index >= 15 is 0 Å². The summed E-state index contributed by atoms with van der Waals surface area (Å²) in [6.45, 7) is 2.29. The van der Waals surface area contributed by atoms with Gasteiger partial charge in [-0.2, -0.15) is 0 Å². The molecule has 2 aromatic heterocycles. The van der Waals surface area contributed by atoms with Crippen molar-refractivity contribution in [1.29, 1.82) is 0 Å². The van der Waals surface area contributed by atoms with Crippen molar-refractivity contribution in [3.05, 3.63) is 36.9 Å². The summed E-state index contributed by atoms with van der Waals surface area (Å²) >= 11 is 0. The largest absolute Gasteiger partial charge is 0.336 e. The number of hydrogen-bond acceptors (Lipinski definition) is 3. The van der Waals surface area contributed by atoms with Gasteiger partial charge in [0.15, 0.2) is 0 Å². The Labute approximate surface area is 82.2 Å². The average molecular weight is 191 g/mol. The van der Waals surface area contributed by atoms with Crippen LogP contribution in [0.3, 0.4) is 0 Å². The Hall–Kier alpha value is -1.62. The van der Waals surface area contributed by atoms with E-state index in [-0.39, 0.29) is 0 Å². The van der Waals surface area contributed by atoms with Gasteiger partial charge >= 0.3 is 0 Å². The first-order chi connectivity index (χ1) is 6.88. The summed E-state index contributed by atoms with van der Waals surface area (Å²) in [5.41, 5.74) is 6.39. The highest BCUT2D eigenvalue weighted by molar-refractivity contribution is 4.95. The maximum Gasteiger partial charge on any atom is 0.0950 e. The molecule has 0 saturated carbocycles. The van der Waals surface area contributed by atoms with Gasteiger partial charge in [0.2, 0.25) is 0 Å². The molecule has 0 aliphatic rings.